The van der Waals surface area contributed by atoms with Crippen LogP contribution in [0.2, 0.25) is 0 Å². The largest absolute Gasteiger partial charge is 0.306 e. The molecule has 0 spiro atoms. The lowest BCUT2D eigenvalue weighted by molar-refractivity contribution is -0.387. The Balaban J connectivity index is 1.93. The van der Waals surface area contributed by atoms with E-state index in [0.717, 1.165) is 10.7 Å². The maximum absolute atomic E-state index is 13.4. The van der Waals surface area contributed by atoms with Crippen molar-refractivity contribution in [1.29, 1.82) is 0 Å². The molecule has 2 rings (SSSR count). The Morgan fingerprint density at radius 3 is 2.84 bits per heavy atom. The Bertz CT molecular complexity index is 600. The quantitative estimate of drug-likeness (QED) is 0.676. The molecule has 19 heavy (non-hydrogen) atoms. The fourth-order valence-corrected chi connectivity index (χ4v) is 2.35. The molecule has 7 heteroatoms. The second-order valence-corrected chi connectivity index (χ2v) is 4.97. The van der Waals surface area contributed by atoms with Crippen LogP contribution in [0.5, 0.6) is 0 Å². The van der Waals surface area contributed by atoms with Gasteiger partial charge in [-0.05, 0) is 18.6 Å². The zero-order valence-electron chi connectivity index (χ0n) is 10.2. The van der Waals surface area contributed by atoms with Gasteiger partial charge in [0.1, 0.15) is 5.01 Å². The fourth-order valence-electron chi connectivity index (χ4n) is 1.61. The van der Waals surface area contributed by atoms with Gasteiger partial charge in [0.2, 0.25) is 5.82 Å². The average molecular weight is 281 g/mol. The monoisotopic (exact) mass is 281 g/mol. The number of rotatable bonds is 5. The normalized spacial score (nSPS) is 10.6. The van der Waals surface area contributed by atoms with Crippen molar-refractivity contribution in [2.45, 2.75) is 20.0 Å². The van der Waals surface area contributed by atoms with E-state index < -0.39 is 16.4 Å². The van der Waals surface area contributed by atoms with Crippen LogP contribution in [0.25, 0.3) is 0 Å². The van der Waals surface area contributed by atoms with E-state index in [1.54, 1.807) is 17.4 Å². The molecule has 1 N–H and O–H groups in total. The number of nitro benzene ring substituents is 1. The third-order valence-electron chi connectivity index (χ3n) is 2.48. The first kappa shape index (κ1) is 13.6. The van der Waals surface area contributed by atoms with Crippen LogP contribution in [-0.4, -0.2) is 9.91 Å². The Labute approximate surface area is 113 Å². The first-order chi connectivity index (χ1) is 9.06. The molecule has 100 valence electrons. The van der Waals surface area contributed by atoms with Crippen molar-refractivity contribution in [3.63, 3.8) is 0 Å². The number of nitro groups is 1. The summed E-state index contributed by atoms with van der Waals surface area (Å²) in [4.78, 5) is 14.0. The van der Waals surface area contributed by atoms with Crippen molar-refractivity contribution in [2.75, 3.05) is 0 Å². The molecule has 0 atom stereocenters. The SMILES string of the molecule is Cc1csc(CNCc2ccc([N+](=O)[O-])c(F)c2)n1. The Morgan fingerprint density at radius 1 is 1.47 bits per heavy atom. The number of halogens is 1. The second kappa shape index (κ2) is 5.85. The van der Waals surface area contributed by atoms with Crippen molar-refractivity contribution >= 4 is 17.0 Å². The first-order valence-electron chi connectivity index (χ1n) is 5.61. The summed E-state index contributed by atoms with van der Waals surface area (Å²) in [6.07, 6.45) is 0. The number of hydrogen-bond donors (Lipinski definition) is 1. The Hall–Kier alpha value is -1.86. The van der Waals surface area contributed by atoms with E-state index in [0.29, 0.717) is 18.7 Å². The van der Waals surface area contributed by atoms with Gasteiger partial charge in [-0.1, -0.05) is 6.07 Å². The lowest BCUT2D eigenvalue weighted by atomic mass is 10.2. The van der Waals surface area contributed by atoms with E-state index in [1.165, 1.54) is 12.1 Å². The standard InChI is InChI=1S/C12H12FN3O2S/c1-8-7-19-12(15-8)6-14-5-9-2-3-11(16(17)18)10(13)4-9/h2-4,7,14H,5-6H2,1H3. The molecule has 5 nitrogen and oxygen atoms in total. The van der Waals surface area contributed by atoms with E-state index in [2.05, 4.69) is 10.3 Å². The summed E-state index contributed by atoms with van der Waals surface area (Å²) < 4.78 is 13.4. The van der Waals surface area contributed by atoms with Crippen molar-refractivity contribution in [3.8, 4) is 0 Å². The smallest absolute Gasteiger partial charge is 0.304 e. The van der Waals surface area contributed by atoms with Gasteiger partial charge in [0.05, 0.1) is 4.92 Å². The summed E-state index contributed by atoms with van der Waals surface area (Å²) in [6.45, 7) is 2.95. The van der Waals surface area contributed by atoms with Crippen LogP contribution in [-0.2, 0) is 13.1 Å². The molecule has 0 aliphatic rings. The van der Waals surface area contributed by atoms with E-state index in [9.17, 15) is 14.5 Å². The molecule has 1 heterocycles. The van der Waals surface area contributed by atoms with Crippen LogP contribution in [0.3, 0.4) is 0 Å². The molecular weight excluding hydrogens is 269 g/mol. The highest BCUT2D eigenvalue weighted by molar-refractivity contribution is 7.09. The average Bonchev–Trinajstić information content (AvgIpc) is 2.75. The van der Waals surface area contributed by atoms with Gasteiger partial charge in [-0.2, -0.15) is 4.39 Å². The fraction of sp³-hybridized carbons (Fsp3) is 0.250. The minimum Gasteiger partial charge on any atom is -0.306 e. The number of benzene rings is 1. The summed E-state index contributed by atoms with van der Waals surface area (Å²) in [5, 5.41) is 16.5. The van der Waals surface area contributed by atoms with E-state index in [1.807, 2.05) is 12.3 Å². The van der Waals surface area contributed by atoms with Crippen molar-refractivity contribution in [3.05, 3.63) is 55.8 Å². The number of nitrogens with zero attached hydrogens (tertiary/aromatic N) is 2. The number of hydrogen-bond acceptors (Lipinski definition) is 5. The maximum atomic E-state index is 13.4. The molecule has 0 aliphatic carbocycles. The summed E-state index contributed by atoms with van der Waals surface area (Å²) in [6, 6.07) is 3.90. The molecule has 0 unspecified atom stereocenters. The molecule has 1 aromatic carbocycles. The molecular formula is C12H12FN3O2S. The highest BCUT2D eigenvalue weighted by Crippen LogP contribution is 2.18. The number of aryl methyl sites for hydroxylation is 1. The lowest BCUT2D eigenvalue weighted by Crippen LogP contribution is -2.12. The maximum Gasteiger partial charge on any atom is 0.304 e. The number of thiazole rings is 1. The predicted molar refractivity (Wildman–Crippen MR) is 70.4 cm³/mol. The van der Waals surface area contributed by atoms with Gasteiger partial charge in [0.15, 0.2) is 0 Å². The van der Waals surface area contributed by atoms with Gasteiger partial charge in [0.25, 0.3) is 0 Å². The molecule has 2 aromatic rings. The van der Waals surface area contributed by atoms with Crippen molar-refractivity contribution < 1.29 is 9.31 Å². The van der Waals surface area contributed by atoms with Gasteiger partial charge in [0, 0.05) is 30.2 Å². The number of aromatic nitrogens is 1. The summed E-state index contributed by atoms with van der Waals surface area (Å²) >= 11 is 1.56. The molecule has 0 amide bonds. The molecule has 0 radical (unpaired) electrons. The van der Waals surface area contributed by atoms with Crippen LogP contribution in [0.4, 0.5) is 10.1 Å². The highest BCUT2D eigenvalue weighted by Gasteiger charge is 2.13. The van der Waals surface area contributed by atoms with Gasteiger partial charge in [-0.3, -0.25) is 10.1 Å². The highest BCUT2D eigenvalue weighted by atomic mass is 32.1. The summed E-state index contributed by atoms with van der Waals surface area (Å²) in [7, 11) is 0. The molecule has 1 aromatic heterocycles. The minimum atomic E-state index is -0.811. The van der Waals surface area contributed by atoms with Crippen LogP contribution < -0.4 is 5.32 Å². The summed E-state index contributed by atoms with van der Waals surface area (Å²) in [5.41, 5.74) is 1.14. The molecule has 0 saturated carbocycles. The van der Waals surface area contributed by atoms with Crippen LogP contribution >= 0.6 is 11.3 Å². The second-order valence-electron chi connectivity index (χ2n) is 4.03. The Kier molecular flexibility index (Phi) is 4.18. The zero-order chi connectivity index (χ0) is 13.8. The molecule has 0 fully saturated rings. The van der Waals surface area contributed by atoms with Gasteiger partial charge >= 0.3 is 5.69 Å². The van der Waals surface area contributed by atoms with E-state index in [-0.39, 0.29) is 0 Å². The predicted octanol–water partition coefficient (Wildman–Crippen LogP) is 2.79. The Morgan fingerprint density at radius 2 is 2.26 bits per heavy atom. The molecule has 0 bridgehead atoms. The first-order valence-corrected chi connectivity index (χ1v) is 6.49. The third kappa shape index (κ3) is 3.55. The van der Waals surface area contributed by atoms with Gasteiger partial charge in [-0.25, -0.2) is 4.98 Å². The summed E-state index contributed by atoms with van der Waals surface area (Å²) in [5.74, 6) is -0.811. The number of nitrogens with one attached hydrogen (secondary N) is 1. The van der Waals surface area contributed by atoms with E-state index >= 15 is 0 Å². The van der Waals surface area contributed by atoms with Crippen LogP contribution in [0.15, 0.2) is 23.6 Å². The minimum absolute atomic E-state index is 0.438. The zero-order valence-corrected chi connectivity index (χ0v) is 11.0. The van der Waals surface area contributed by atoms with Gasteiger partial charge < -0.3 is 5.32 Å². The molecule has 0 aliphatic heterocycles. The third-order valence-corrected chi connectivity index (χ3v) is 3.45. The van der Waals surface area contributed by atoms with E-state index in [4.69, 9.17) is 0 Å². The topological polar surface area (TPSA) is 68.1 Å². The molecule has 0 saturated heterocycles. The van der Waals surface area contributed by atoms with Crippen LogP contribution in [0, 0.1) is 22.9 Å². The lowest BCUT2D eigenvalue weighted by Gasteiger charge is -2.03. The van der Waals surface area contributed by atoms with Crippen LogP contribution in [0.1, 0.15) is 16.3 Å². The van der Waals surface area contributed by atoms with Gasteiger partial charge in [-0.15, -0.1) is 11.3 Å². The van der Waals surface area contributed by atoms with Crippen molar-refractivity contribution in [2.24, 2.45) is 0 Å². The van der Waals surface area contributed by atoms with Crippen molar-refractivity contribution in [1.82, 2.24) is 10.3 Å².